The van der Waals surface area contributed by atoms with Gasteiger partial charge in [-0.15, -0.1) is 0 Å². The Morgan fingerprint density at radius 3 is 2.72 bits per heavy atom. The highest BCUT2D eigenvalue weighted by Gasteiger charge is 2.11. The Kier molecular flexibility index (Phi) is 4.53. The van der Waals surface area contributed by atoms with E-state index in [9.17, 15) is 19.1 Å². The molecular formula is C17H16FN3O4. The molecule has 0 saturated carbocycles. The minimum Gasteiger partial charge on any atom is -0.408 e. The fourth-order valence-corrected chi connectivity index (χ4v) is 2.37. The fraction of sp³-hybridized carbons (Fsp3) is 0.176. The van der Waals surface area contributed by atoms with E-state index in [1.807, 2.05) is 0 Å². The summed E-state index contributed by atoms with van der Waals surface area (Å²) in [6.45, 7) is -0.0378. The summed E-state index contributed by atoms with van der Waals surface area (Å²) >= 11 is 0. The average molecular weight is 345 g/mol. The van der Waals surface area contributed by atoms with Crippen LogP contribution in [0.15, 0.2) is 51.7 Å². The lowest BCUT2D eigenvalue weighted by molar-refractivity contribution is 0.175. The van der Waals surface area contributed by atoms with Crippen molar-refractivity contribution < 1.29 is 18.7 Å². The number of aryl methyl sites for hydroxylation is 1. The van der Waals surface area contributed by atoms with Crippen LogP contribution in [0.2, 0.25) is 0 Å². The maximum absolute atomic E-state index is 12.9. The van der Waals surface area contributed by atoms with Crippen molar-refractivity contribution in [1.29, 1.82) is 0 Å². The number of anilines is 1. The van der Waals surface area contributed by atoms with Gasteiger partial charge in [0.05, 0.1) is 11.6 Å². The minimum absolute atomic E-state index is 0.0378. The van der Waals surface area contributed by atoms with Crippen LogP contribution in [0.1, 0.15) is 11.7 Å². The molecule has 0 fully saturated rings. The number of nitrogens with one attached hydrogen (secondary N) is 2. The third kappa shape index (κ3) is 3.69. The number of hydrogen-bond acceptors (Lipinski definition) is 4. The maximum atomic E-state index is 12.9. The zero-order chi connectivity index (χ0) is 18.0. The first-order chi connectivity index (χ1) is 11.9. The van der Waals surface area contributed by atoms with Crippen molar-refractivity contribution in [2.24, 2.45) is 7.05 Å². The molecule has 1 heterocycles. The quantitative estimate of drug-likeness (QED) is 0.675. The second-order valence-corrected chi connectivity index (χ2v) is 5.51. The van der Waals surface area contributed by atoms with Crippen molar-refractivity contribution in [2.45, 2.75) is 6.10 Å². The molecule has 0 aliphatic rings. The van der Waals surface area contributed by atoms with Gasteiger partial charge in [-0.3, -0.25) is 4.57 Å². The first kappa shape index (κ1) is 16.7. The topological polar surface area (TPSA) is 96.5 Å². The molecule has 2 amide bonds. The molecule has 3 N–H and O–H groups in total. The molecule has 2 aromatic carbocycles. The van der Waals surface area contributed by atoms with Crippen molar-refractivity contribution in [2.75, 3.05) is 11.9 Å². The molecule has 3 aromatic rings. The van der Waals surface area contributed by atoms with E-state index in [1.165, 1.54) is 28.8 Å². The monoisotopic (exact) mass is 345 g/mol. The SMILES string of the molecule is Cn1c(=O)oc2ccc(NC(=O)NCC(O)c3ccc(F)cc3)cc21. The molecule has 1 aromatic heterocycles. The predicted molar refractivity (Wildman–Crippen MR) is 89.8 cm³/mol. The summed E-state index contributed by atoms with van der Waals surface area (Å²) in [6, 6.07) is 9.65. The van der Waals surface area contributed by atoms with E-state index < -0.39 is 23.7 Å². The van der Waals surface area contributed by atoms with Gasteiger partial charge in [-0.05, 0) is 35.9 Å². The van der Waals surface area contributed by atoms with Crippen LogP contribution in [-0.2, 0) is 7.05 Å². The number of aliphatic hydroxyl groups is 1. The lowest BCUT2D eigenvalue weighted by Gasteiger charge is -2.13. The minimum atomic E-state index is -0.955. The molecular weight excluding hydrogens is 329 g/mol. The zero-order valence-corrected chi connectivity index (χ0v) is 13.3. The fourth-order valence-electron chi connectivity index (χ4n) is 2.37. The van der Waals surface area contributed by atoms with Gasteiger partial charge in [-0.25, -0.2) is 14.0 Å². The van der Waals surface area contributed by atoms with Crippen molar-refractivity contribution >= 4 is 22.8 Å². The molecule has 1 unspecified atom stereocenters. The molecule has 7 nitrogen and oxygen atoms in total. The number of urea groups is 1. The maximum Gasteiger partial charge on any atom is 0.419 e. The number of carbonyl (C=O) groups excluding carboxylic acids is 1. The number of aliphatic hydroxyl groups excluding tert-OH is 1. The van der Waals surface area contributed by atoms with Crippen LogP contribution in [0, 0.1) is 5.82 Å². The van der Waals surface area contributed by atoms with Gasteiger partial charge in [0, 0.05) is 19.3 Å². The molecule has 1 atom stereocenters. The Balaban J connectivity index is 1.61. The van der Waals surface area contributed by atoms with Crippen LogP contribution in [0.4, 0.5) is 14.9 Å². The van der Waals surface area contributed by atoms with Gasteiger partial charge in [0.1, 0.15) is 5.82 Å². The first-order valence-corrected chi connectivity index (χ1v) is 7.52. The van der Waals surface area contributed by atoms with Crippen LogP contribution in [0.5, 0.6) is 0 Å². The molecule has 0 saturated heterocycles. The Morgan fingerprint density at radius 1 is 1.28 bits per heavy atom. The Hall–Kier alpha value is -3.13. The third-order valence-electron chi connectivity index (χ3n) is 3.76. The number of fused-ring (bicyclic) bond motifs is 1. The van der Waals surface area contributed by atoms with Crippen LogP contribution < -0.4 is 16.4 Å². The summed E-state index contributed by atoms with van der Waals surface area (Å²) in [5.74, 6) is -0.885. The van der Waals surface area contributed by atoms with E-state index in [-0.39, 0.29) is 6.54 Å². The van der Waals surface area contributed by atoms with Crippen molar-refractivity contribution in [1.82, 2.24) is 9.88 Å². The zero-order valence-electron chi connectivity index (χ0n) is 13.3. The summed E-state index contributed by atoms with van der Waals surface area (Å²) < 4.78 is 19.2. The highest BCUT2D eigenvalue weighted by Crippen LogP contribution is 2.18. The lowest BCUT2D eigenvalue weighted by atomic mass is 10.1. The number of benzene rings is 2. The van der Waals surface area contributed by atoms with Crippen LogP contribution >= 0.6 is 0 Å². The van der Waals surface area contributed by atoms with Gasteiger partial charge < -0.3 is 20.2 Å². The molecule has 0 bridgehead atoms. The first-order valence-electron chi connectivity index (χ1n) is 7.52. The number of oxazole rings is 1. The second kappa shape index (κ2) is 6.78. The van der Waals surface area contributed by atoms with Crippen LogP contribution in [0.25, 0.3) is 11.1 Å². The number of nitrogens with zero attached hydrogens (tertiary/aromatic N) is 1. The summed E-state index contributed by atoms with van der Waals surface area (Å²) in [5, 5.41) is 15.1. The molecule has 8 heteroatoms. The average Bonchev–Trinajstić information content (AvgIpc) is 2.88. The summed E-state index contributed by atoms with van der Waals surface area (Å²) in [5.41, 5.74) is 1.94. The largest absolute Gasteiger partial charge is 0.419 e. The summed E-state index contributed by atoms with van der Waals surface area (Å²) in [7, 11) is 1.57. The molecule has 130 valence electrons. The van der Waals surface area contributed by atoms with E-state index in [1.54, 1.807) is 25.2 Å². The van der Waals surface area contributed by atoms with Crippen molar-refractivity contribution in [3.63, 3.8) is 0 Å². The van der Waals surface area contributed by atoms with Crippen molar-refractivity contribution in [3.05, 3.63) is 64.4 Å². The second-order valence-electron chi connectivity index (χ2n) is 5.51. The Bertz CT molecular complexity index is 962. The molecule has 0 spiro atoms. The van der Waals surface area contributed by atoms with Gasteiger partial charge in [-0.1, -0.05) is 12.1 Å². The Labute approximate surface area is 141 Å². The van der Waals surface area contributed by atoms with E-state index in [2.05, 4.69) is 10.6 Å². The number of aromatic nitrogens is 1. The predicted octanol–water partition coefficient (Wildman–Crippen LogP) is 2.13. The summed E-state index contributed by atoms with van der Waals surface area (Å²) in [6.07, 6.45) is -0.955. The summed E-state index contributed by atoms with van der Waals surface area (Å²) in [4.78, 5) is 23.4. The smallest absolute Gasteiger partial charge is 0.408 e. The van der Waals surface area contributed by atoms with Gasteiger partial charge >= 0.3 is 11.8 Å². The Morgan fingerprint density at radius 2 is 2.00 bits per heavy atom. The number of amides is 2. The van der Waals surface area contributed by atoms with Gasteiger partial charge in [0.15, 0.2) is 5.58 Å². The molecule has 3 rings (SSSR count). The van der Waals surface area contributed by atoms with Gasteiger partial charge in [-0.2, -0.15) is 0 Å². The number of halogens is 1. The van der Waals surface area contributed by atoms with E-state index in [0.29, 0.717) is 22.4 Å². The van der Waals surface area contributed by atoms with E-state index in [0.717, 1.165) is 0 Å². The number of carbonyl (C=O) groups is 1. The van der Waals surface area contributed by atoms with Gasteiger partial charge in [0.2, 0.25) is 0 Å². The van der Waals surface area contributed by atoms with Crippen LogP contribution in [0.3, 0.4) is 0 Å². The van der Waals surface area contributed by atoms with Crippen molar-refractivity contribution in [3.8, 4) is 0 Å². The van der Waals surface area contributed by atoms with E-state index in [4.69, 9.17) is 4.42 Å². The van der Waals surface area contributed by atoms with Gasteiger partial charge in [0.25, 0.3) is 0 Å². The molecule has 25 heavy (non-hydrogen) atoms. The van der Waals surface area contributed by atoms with Crippen LogP contribution in [-0.4, -0.2) is 22.2 Å². The highest BCUT2D eigenvalue weighted by atomic mass is 19.1. The lowest BCUT2D eigenvalue weighted by Crippen LogP contribution is -2.32. The normalized spacial score (nSPS) is 12.1. The highest BCUT2D eigenvalue weighted by molar-refractivity contribution is 5.91. The number of rotatable bonds is 4. The standard InChI is InChI=1S/C17H16FN3O4/c1-21-13-8-12(6-7-15(13)25-17(21)24)20-16(23)19-9-14(22)10-2-4-11(18)5-3-10/h2-8,14,22H,9H2,1H3,(H2,19,20,23). The molecule has 0 aliphatic carbocycles. The molecule has 0 aliphatic heterocycles. The third-order valence-corrected chi connectivity index (χ3v) is 3.76. The number of hydrogen-bond donors (Lipinski definition) is 3. The van der Waals surface area contributed by atoms with E-state index >= 15 is 0 Å². The molecule has 0 radical (unpaired) electrons.